The molecule has 5 nitrogen and oxygen atoms in total. The van der Waals surface area contributed by atoms with E-state index >= 15 is 0 Å². The van der Waals surface area contributed by atoms with E-state index in [9.17, 15) is 0 Å². The summed E-state index contributed by atoms with van der Waals surface area (Å²) in [7, 11) is 0. The molecule has 2 heterocycles. The van der Waals surface area contributed by atoms with E-state index in [4.69, 9.17) is 18.0 Å². The van der Waals surface area contributed by atoms with Crippen molar-refractivity contribution in [2.75, 3.05) is 13.1 Å². The lowest BCUT2D eigenvalue weighted by molar-refractivity contribution is 0.823. The summed E-state index contributed by atoms with van der Waals surface area (Å²) in [5.74, 6) is 0. The number of hydrogen-bond donors (Lipinski definition) is 4. The van der Waals surface area contributed by atoms with Gasteiger partial charge in [0.05, 0.1) is 0 Å². The quantitative estimate of drug-likeness (QED) is 0.593. The number of aromatic nitrogens is 2. The molecule has 0 spiro atoms. The molecular formula is C11H15N5S. The molecule has 0 aliphatic heterocycles. The second kappa shape index (κ2) is 5.60. The Morgan fingerprint density at radius 2 is 2.29 bits per heavy atom. The van der Waals surface area contributed by atoms with Crippen LogP contribution in [0.1, 0.15) is 5.56 Å². The van der Waals surface area contributed by atoms with Crippen LogP contribution in [0.15, 0.2) is 24.5 Å². The van der Waals surface area contributed by atoms with Gasteiger partial charge in [0, 0.05) is 37.4 Å². The highest BCUT2D eigenvalue weighted by molar-refractivity contribution is 7.80. The van der Waals surface area contributed by atoms with Crippen LogP contribution in [-0.4, -0.2) is 28.2 Å². The number of nitrogens with one attached hydrogen (secondary N) is 3. The summed E-state index contributed by atoms with van der Waals surface area (Å²) in [6, 6.07) is 3.99. The first-order valence-corrected chi connectivity index (χ1v) is 5.85. The van der Waals surface area contributed by atoms with E-state index in [1.54, 1.807) is 6.20 Å². The van der Waals surface area contributed by atoms with Gasteiger partial charge in [-0.25, -0.2) is 4.98 Å². The van der Waals surface area contributed by atoms with E-state index in [1.807, 2.05) is 18.3 Å². The van der Waals surface area contributed by atoms with E-state index in [0.29, 0.717) is 24.7 Å². The molecule has 0 unspecified atom stereocenters. The lowest BCUT2D eigenvalue weighted by Crippen LogP contribution is -2.37. The Balaban J connectivity index is 1.99. The molecule has 17 heavy (non-hydrogen) atoms. The van der Waals surface area contributed by atoms with Crippen LogP contribution in [0, 0.1) is 0 Å². The van der Waals surface area contributed by atoms with Crippen molar-refractivity contribution in [3.63, 3.8) is 0 Å². The number of pyridine rings is 1. The molecule has 0 aromatic carbocycles. The number of nitrogens with two attached hydrogens (primary N) is 1. The summed E-state index contributed by atoms with van der Waals surface area (Å²) in [6.45, 7) is 1.92. The van der Waals surface area contributed by atoms with Crippen molar-refractivity contribution >= 4 is 28.4 Å². The summed E-state index contributed by atoms with van der Waals surface area (Å²) >= 11 is 5.12. The normalized spacial score (nSPS) is 10.4. The number of thiocarbonyl (C=S) groups is 1. The number of aromatic amines is 1. The van der Waals surface area contributed by atoms with E-state index < -0.39 is 0 Å². The number of nitrogens with zero attached hydrogens (tertiary/aromatic N) is 1. The number of fused-ring (bicyclic) bond motifs is 1. The van der Waals surface area contributed by atoms with Crippen molar-refractivity contribution in [3.8, 4) is 0 Å². The Hall–Kier alpha value is -1.66. The largest absolute Gasteiger partial charge is 0.361 e. The third-order valence-corrected chi connectivity index (χ3v) is 2.71. The van der Waals surface area contributed by atoms with Gasteiger partial charge in [0.1, 0.15) is 5.65 Å². The van der Waals surface area contributed by atoms with Crippen molar-refractivity contribution in [1.82, 2.24) is 20.6 Å². The standard InChI is InChI=1S/C11H15N5S/c12-3-6-15-11(17)16-7-8-1-4-13-10-9(8)2-5-14-10/h1-2,4-5H,3,6-7,12H2,(H,13,14)(H2,15,16,17). The zero-order valence-corrected chi connectivity index (χ0v) is 10.2. The van der Waals surface area contributed by atoms with Crippen molar-refractivity contribution in [3.05, 3.63) is 30.1 Å². The van der Waals surface area contributed by atoms with Crippen LogP contribution in [0.25, 0.3) is 11.0 Å². The summed E-state index contributed by atoms with van der Waals surface area (Å²) in [5.41, 5.74) is 7.44. The SMILES string of the molecule is NCCNC(=S)NCc1ccnc2[nH]ccc12. The Bertz CT molecular complexity index is 507. The molecule has 0 saturated carbocycles. The molecule has 0 aliphatic carbocycles. The van der Waals surface area contributed by atoms with Crippen molar-refractivity contribution in [2.45, 2.75) is 6.54 Å². The zero-order valence-electron chi connectivity index (χ0n) is 9.36. The van der Waals surface area contributed by atoms with Crippen LogP contribution in [0.3, 0.4) is 0 Å². The number of rotatable bonds is 4. The van der Waals surface area contributed by atoms with Crippen molar-refractivity contribution < 1.29 is 0 Å². The zero-order chi connectivity index (χ0) is 12.1. The van der Waals surface area contributed by atoms with Crippen LogP contribution < -0.4 is 16.4 Å². The molecule has 0 saturated heterocycles. The molecule has 6 heteroatoms. The predicted molar refractivity (Wildman–Crippen MR) is 72.6 cm³/mol. The first-order valence-electron chi connectivity index (χ1n) is 5.44. The average molecular weight is 249 g/mol. The third-order valence-electron chi connectivity index (χ3n) is 2.42. The molecule has 0 atom stereocenters. The summed E-state index contributed by atoms with van der Waals surface area (Å²) in [5, 5.41) is 7.89. The topological polar surface area (TPSA) is 78.8 Å². The highest BCUT2D eigenvalue weighted by atomic mass is 32.1. The fraction of sp³-hybridized carbons (Fsp3) is 0.273. The maximum Gasteiger partial charge on any atom is 0.166 e. The van der Waals surface area contributed by atoms with Crippen molar-refractivity contribution in [1.29, 1.82) is 0 Å². The number of H-pyrrole nitrogens is 1. The predicted octanol–water partition coefficient (Wildman–Crippen LogP) is 0.486. The van der Waals surface area contributed by atoms with Gasteiger partial charge in [0.2, 0.25) is 0 Å². The highest BCUT2D eigenvalue weighted by Crippen LogP contribution is 2.14. The molecule has 2 aromatic rings. The van der Waals surface area contributed by atoms with E-state index in [2.05, 4.69) is 20.6 Å². The van der Waals surface area contributed by atoms with Crippen LogP contribution in [0.2, 0.25) is 0 Å². The first-order chi connectivity index (χ1) is 8.31. The molecule has 0 fully saturated rings. The number of hydrogen-bond acceptors (Lipinski definition) is 3. The van der Waals surface area contributed by atoms with E-state index in [-0.39, 0.29) is 0 Å². The molecule has 2 aromatic heterocycles. The van der Waals surface area contributed by atoms with Gasteiger partial charge in [-0.2, -0.15) is 0 Å². The van der Waals surface area contributed by atoms with Gasteiger partial charge in [-0.3, -0.25) is 0 Å². The molecular weight excluding hydrogens is 234 g/mol. The van der Waals surface area contributed by atoms with E-state index in [0.717, 1.165) is 16.6 Å². The molecule has 90 valence electrons. The van der Waals surface area contributed by atoms with Crippen LogP contribution >= 0.6 is 12.2 Å². The summed E-state index contributed by atoms with van der Waals surface area (Å²) in [4.78, 5) is 7.31. The second-order valence-corrected chi connectivity index (χ2v) is 4.02. The highest BCUT2D eigenvalue weighted by Gasteiger charge is 2.02. The van der Waals surface area contributed by atoms with Gasteiger partial charge in [-0.15, -0.1) is 0 Å². The minimum atomic E-state index is 0.569. The lowest BCUT2D eigenvalue weighted by atomic mass is 10.2. The lowest BCUT2D eigenvalue weighted by Gasteiger charge is -2.10. The third kappa shape index (κ3) is 2.92. The van der Waals surface area contributed by atoms with Crippen LogP contribution in [0.4, 0.5) is 0 Å². The molecule has 0 amide bonds. The van der Waals surface area contributed by atoms with Gasteiger partial charge in [0.25, 0.3) is 0 Å². The maximum absolute atomic E-state index is 5.38. The minimum Gasteiger partial charge on any atom is -0.361 e. The fourth-order valence-corrected chi connectivity index (χ4v) is 1.77. The minimum absolute atomic E-state index is 0.569. The molecule has 5 N–H and O–H groups in total. The molecule has 0 radical (unpaired) electrons. The Kier molecular flexibility index (Phi) is 3.89. The van der Waals surface area contributed by atoms with Gasteiger partial charge in [0.15, 0.2) is 5.11 Å². The maximum atomic E-state index is 5.38. The smallest absolute Gasteiger partial charge is 0.166 e. The van der Waals surface area contributed by atoms with Gasteiger partial charge < -0.3 is 21.4 Å². The van der Waals surface area contributed by atoms with Crippen molar-refractivity contribution in [2.24, 2.45) is 5.73 Å². The summed E-state index contributed by atoms with van der Waals surface area (Å²) in [6.07, 6.45) is 3.67. The first kappa shape index (κ1) is 11.8. The Morgan fingerprint density at radius 3 is 3.12 bits per heavy atom. The fourth-order valence-electron chi connectivity index (χ4n) is 1.60. The monoisotopic (exact) mass is 249 g/mol. The Morgan fingerprint density at radius 1 is 1.41 bits per heavy atom. The second-order valence-electron chi connectivity index (χ2n) is 3.61. The Labute approximate surface area is 105 Å². The van der Waals surface area contributed by atoms with Gasteiger partial charge in [-0.1, -0.05) is 0 Å². The molecule has 0 aliphatic rings. The summed E-state index contributed by atoms with van der Waals surface area (Å²) < 4.78 is 0. The molecule has 0 bridgehead atoms. The van der Waals surface area contributed by atoms with Crippen LogP contribution in [-0.2, 0) is 6.54 Å². The molecule has 2 rings (SSSR count). The van der Waals surface area contributed by atoms with Gasteiger partial charge in [-0.05, 0) is 29.9 Å². The van der Waals surface area contributed by atoms with E-state index in [1.165, 1.54) is 0 Å². The van der Waals surface area contributed by atoms with Gasteiger partial charge >= 0.3 is 0 Å². The average Bonchev–Trinajstić information content (AvgIpc) is 2.82. The van der Waals surface area contributed by atoms with Crippen LogP contribution in [0.5, 0.6) is 0 Å².